The minimum Gasteiger partial charge on any atom is -0.481 e. The lowest BCUT2D eigenvalue weighted by Crippen LogP contribution is -1.97. The summed E-state index contributed by atoms with van der Waals surface area (Å²) in [6.45, 7) is 0. The van der Waals surface area contributed by atoms with Gasteiger partial charge in [-0.1, -0.05) is 0 Å². The molecule has 5 heteroatoms. The van der Waals surface area contributed by atoms with Gasteiger partial charge in [0.2, 0.25) is 11.8 Å². The van der Waals surface area contributed by atoms with Crippen molar-refractivity contribution in [3.8, 4) is 22.9 Å². The van der Waals surface area contributed by atoms with Crippen LogP contribution in [-0.2, 0) is 0 Å². The molecule has 0 amide bonds. The Balaban J connectivity index is 2.45. The molecule has 0 unspecified atom stereocenters. The van der Waals surface area contributed by atoms with Gasteiger partial charge in [0.1, 0.15) is 5.82 Å². The summed E-state index contributed by atoms with van der Waals surface area (Å²) in [7, 11) is 3.12. The number of aromatic nitrogens is 2. The summed E-state index contributed by atoms with van der Waals surface area (Å²) in [5, 5.41) is 0. The fourth-order valence-electron chi connectivity index (χ4n) is 1.50. The number of anilines is 1. The van der Waals surface area contributed by atoms with E-state index in [9.17, 15) is 0 Å². The van der Waals surface area contributed by atoms with Crippen LogP contribution in [0.1, 0.15) is 0 Å². The molecule has 0 radical (unpaired) electrons. The van der Waals surface area contributed by atoms with Gasteiger partial charge in [-0.25, -0.2) is 4.98 Å². The van der Waals surface area contributed by atoms with Crippen LogP contribution in [0.5, 0.6) is 11.8 Å². The number of rotatable bonds is 3. The quantitative estimate of drug-likeness (QED) is 0.871. The molecule has 0 spiro atoms. The van der Waals surface area contributed by atoms with Crippen LogP contribution in [0, 0.1) is 0 Å². The molecule has 2 N–H and O–H groups in total. The van der Waals surface area contributed by atoms with Gasteiger partial charge >= 0.3 is 0 Å². The topological polar surface area (TPSA) is 70.3 Å². The van der Waals surface area contributed by atoms with Crippen molar-refractivity contribution < 1.29 is 9.47 Å². The first-order valence-electron chi connectivity index (χ1n) is 5.05. The highest BCUT2D eigenvalue weighted by molar-refractivity contribution is 5.74. The highest BCUT2D eigenvalue weighted by Crippen LogP contribution is 2.27. The fourth-order valence-corrected chi connectivity index (χ4v) is 1.50. The first kappa shape index (κ1) is 11.2. The summed E-state index contributed by atoms with van der Waals surface area (Å²) in [4.78, 5) is 8.16. The van der Waals surface area contributed by atoms with Gasteiger partial charge in [-0.15, -0.1) is 0 Å². The van der Waals surface area contributed by atoms with Gasteiger partial charge in [-0.05, 0) is 17.7 Å². The van der Waals surface area contributed by atoms with Crippen LogP contribution in [0.3, 0.4) is 0 Å². The summed E-state index contributed by atoms with van der Waals surface area (Å²) in [6.07, 6.45) is 1.66. The first-order valence-corrected chi connectivity index (χ1v) is 5.05. The van der Waals surface area contributed by atoms with Crippen molar-refractivity contribution in [2.45, 2.75) is 0 Å². The van der Waals surface area contributed by atoms with Crippen LogP contribution in [0.2, 0.25) is 0 Å². The van der Waals surface area contributed by atoms with E-state index in [1.165, 1.54) is 0 Å². The normalized spacial score (nSPS) is 10.0. The second kappa shape index (κ2) is 4.69. The Morgan fingerprint density at radius 3 is 2.47 bits per heavy atom. The third kappa shape index (κ3) is 2.28. The zero-order valence-corrected chi connectivity index (χ0v) is 9.68. The molecule has 0 fully saturated rings. The lowest BCUT2D eigenvalue weighted by Gasteiger charge is -2.07. The molecular weight excluding hydrogens is 218 g/mol. The third-order valence-electron chi connectivity index (χ3n) is 2.36. The fraction of sp³-hybridized carbons (Fsp3) is 0.167. The van der Waals surface area contributed by atoms with Crippen LogP contribution in [0.25, 0.3) is 11.1 Å². The largest absolute Gasteiger partial charge is 0.481 e. The number of hydrogen-bond donors (Lipinski definition) is 1. The number of nitrogens with zero attached hydrogens (tertiary/aromatic N) is 2. The molecule has 0 atom stereocenters. The van der Waals surface area contributed by atoms with Gasteiger partial charge in [-0.3, -0.25) is 0 Å². The number of nitrogen functional groups attached to an aromatic ring is 1. The van der Waals surface area contributed by atoms with Crippen molar-refractivity contribution >= 4 is 5.82 Å². The molecule has 88 valence electrons. The van der Waals surface area contributed by atoms with Gasteiger partial charge in [0.15, 0.2) is 0 Å². The Labute approximate surface area is 99.2 Å². The first-order chi connectivity index (χ1) is 8.24. The predicted molar refractivity (Wildman–Crippen MR) is 65.0 cm³/mol. The smallest absolute Gasteiger partial charge is 0.214 e. The summed E-state index contributed by atoms with van der Waals surface area (Å²) >= 11 is 0. The molecule has 0 bridgehead atoms. The van der Waals surface area contributed by atoms with E-state index in [2.05, 4.69) is 9.97 Å². The van der Waals surface area contributed by atoms with Crippen molar-refractivity contribution in [3.63, 3.8) is 0 Å². The third-order valence-corrected chi connectivity index (χ3v) is 2.36. The molecule has 0 aliphatic heterocycles. The van der Waals surface area contributed by atoms with E-state index in [1.807, 2.05) is 12.1 Å². The van der Waals surface area contributed by atoms with Crippen molar-refractivity contribution in [1.29, 1.82) is 0 Å². The average Bonchev–Trinajstić information content (AvgIpc) is 2.38. The van der Waals surface area contributed by atoms with E-state index in [0.29, 0.717) is 17.6 Å². The zero-order chi connectivity index (χ0) is 12.3. The van der Waals surface area contributed by atoms with E-state index >= 15 is 0 Å². The molecule has 0 aliphatic carbocycles. The zero-order valence-electron chi connectivity index (χ0n) is 9.68. The Morgan fingerprint density at radius 2 is 1.82 bits per heavy atom. The number of hydrogen-bond acceptors (Lipinski definition) is 5. The Hall–Kier alpha value is -2.30. The summed E-state index contributed by atoms with van der Waals surface area (Å²) in [6, 6.07) is 7.27. The Kier molecular flexibility index (Phi) is 3.09. The van der Waals surface area contributed by atoms with Crippen LogP contribution in [0.4, 0.5) is 5.82 Å². The molecule has 5 nitrogen and oxygen atoms in total. The second-order valence-corrected chi connectivity index (χ2v) is 3.37. The number of pyridine rings is 2. The van der Waals surface area contributed by atoms with Crippen LogP contribution in [-0.4, -0.2) is 24.2 Å². The van der Waals surface area contributed by atoms with E-state index in [1.54, 1.807) is 32.5 Å². The maximum Gasteiger partial charge on any atom is 0.214 e. The lowest BCUT2D eigenvalue weighted by molar-refractivity contribution is 0.398. The molecule has 2 heterocycles. The van der Waals surface area contributed by atoms with Crippen molar-refractivity contribution in [2.24, 2.45) is 0 Å². The maximum absolute atomic E-state index is 5.87. The van der Waals surface area contributed by atoms with Crippen LogP contribution < -0.4 is 15.2 Å². The number of nitrogens with two attached hydrogens (primary N) is 1. The molecule has 2 rings (SSSR count). The van der Waals surface area contributed by atoms with Gasteiger partial charge in [-0.2, -0.15) is 4.98 Å². The molecule has 0 saturated heterocycles. The highest BCUT2D eigenvalue weighted by Gasteiger charge is 2.06. The van der Waals surface area contributed by atoms with Crippen molar-refractivity contribution in [3.05, 3.63) is 30.5 Å². The van der Waals surface area contributed by atoms with E-state index in [-0.39, 0.29) is 0 Å². The molecule has 0 aliphatic rings. The standard InChI is InChI=1S/C12H13N3O2/c1-16-10-4-3-9(12(13)15-10)8-5-6-14-11(7-8)17-2/h3-7H,1-2H3,(H2,13,15). The van der Waals surface area contributed by atoms with Crippen LogP contribution >= 0.6 is 0 Å². The highest BCUT2D eigenvalue weighted by atomic mass is 16.5. The van der Waals surface area contributed by atoms with Crippen LogP contribution in [0.15, 0.2) is 30.5 Å². The van der Waals surface area contributed by atoms with E-state index < -0.39 is 0 Å². The van der Waals surface area contributed by atoms with Crippen molar-refractivity contribution in [1.82, 2.24) is 9.97 Å². The molecule has 17 heavy (non-hydrogen) atoms. The summed E-state index contributed by atoms with van der Waals surface area (Å²) in [5.41, 5.74) is 7.60. The second-order valence-electron chi connectivity index (χ2n) is 3.37. The number of ether oxygens (including phenoxy) is 2. The molecular formula is C12H13N3O2. The lowest BCUT2D eigenvalue weighted by atomic mass is 10.1. The minimum atomic E-state index is 0.414. The van der Waals surface area contributed by atoms with Gasteiger partial charge in [0.25, 0.3) is 0 Å². The van der Waals surface area contributed by atoms with E-state index in [4.69, 9.17) is 15.2 Å². The molecule has 0 aromatic carbocycles. The average molecular weight is 231 g/mol. The van der Waals surface area contributed by atoms with Gasteiger partial charge < -0.3 is 15.2 Å². The van der Waals surface area contributed by atoms with Gasteiger partial charge in [0, 0.05) is 23.9 Å². The minimum absolute atomic E-state index is 0.414. The predicted octanol–water partition coefficient (Wildman–Crippen LogP) is 1.74. The number of methoxy groups -OCH3 is 2. The van der Waals surface area contributed by atoms with E-state index in [0.717, 1.165) is 11.1 Å². The Morgan fingerprint density at radius 1 is 1.06 bits per heavy atom. The van der Waals surface area contributed by atoms with Crippen molar-refractivity contribution in [2.75, 3.05) is 20.0 Å². The molecule has 2 aromatic rings. The summed E-state index contributed by atoms with van der Waals surface area (Å²) < 4.78 is 10.1. The Bertz CT molecular complexity index is 529. The molecule has 0 saturated carbocycles. The monoisotopic (exact) mass is 231 g/mol. The summed E-state index contributed by atoms with van der Waals surface area (Å²) in [5.74, 6) is 1.45. The van der Waals surface area contributed by atoms with Gasteiger partial charge in [0.05, 0.1) is 14.2 Å². The SMILES string of the molecule is COc1cc(-c2ccc(OC)nc2N)ccn1. The maximum atomic E-state index is 5.87. The molecule has 2 aromatic heterocycles.